The number of hydrogen-bond donors (Lipinski definition) is 1. The van der Waals surface area contributed by atoms with Gasteiger partial charge in [0.1, 0.15) is 0 Å². The Kier molecular flexibility index (Phi) is 7.23. The van der Waals surface area contributed by atoms with Crippen LogP contribution in [0.2, 0.25) is 0 Å². The van der Waals surface area contributed by atoms with Gasteiger partial charge in [-0.05, 0) is 37.0 Å². The number of nitrogens with zero attached hydrogens (tertiary/aromatic N) is 1. The minimum absolute atomic E-state index is 0.0198. The van der Waals surface area contributed by atoms with Crippen LogP contribution in [0, 0.1) is 19.8 Å². The highest BCUT2D eigenvalue weighted by Crippen LogP contribution is 2.31. The molecule has 1 heterocycles. The molecule has 2 amide bonds. The largest absolute Gasteiger partial charge is 0.352 e. The van der Waals surface area contributed by atoms with Crippen LogP contribution in [0.15, 0.2) is 78.9 Å². The molecule has 1 fully saturated rings. The second-order valence-electron chi connectivity index (χ2n) is 9.21. The summed E-state index contributed by atoms with van der Waals surface area (Å²) >= 11 is 0. The first-order chi connectivity index (χ1) is 16.0. The van der Waals surface area contributed by atoms with E-state index in [-0.39, 0.29) is 23.7 Å². The molecule has 1 N–H and O–H groups in total. The van der Waals surface area contributed by atoms with Crippen LogP contribution in [0.3, 0.4) is 0 Å². The average molecular weight is 441 g/mol. The molecule has 1 saturated heterocycles. The number of carbonyl (C=O) groups is 2. The molecule has 4 heteroatoms. The van der Waals surface area contributed by atoms with Crippen molar-refractivity contribution in [3.8, 4) is 0 Å². The number of likely N-dealkylation sites (tertiary alicyclic amines) is 1. The Balaban J connectivity index is 1.49. The zero-order valence-corrected chi connectivity index (χ0v) is 19.5. The Hall–Kier alpha value is -3.40. The molecule has 0 saturated carbocycles. The minimum Gasteiger partial charge on any atom is -0.352 e. The number of rotatable bonds is 6. The summed E-state index contributed by atoms with van der Waals surface area (Å²) in [5.41, 5.74) is 5.66. The lowest BCUT2D eigenvalue weighted by molar-refractivity contribution is -0.135. The smallest absolute Gasteiger partial charge is 0.227 e. The van der Waals surface area contributed by atoms with E-state index in [0.29, 0.717) is 26.1 Å². The Morgan fingerprint density at radius 3 is 2.27 bits per heavy atom. The van der Waals surface area contributed by atoms with E-state index in [4.69, 9.17) is 0 Å². The number of hydrogen-bond acceptors (Lipinski definition) is 2. The predicted molar refractivity (Wildman–Crippen MR) is 132 cm³/mol. The van der Waals surface area contributed by atoms with Crippen LogP contribution >= 0.6 is 0 Å². The molecule has 3 aromatic carbocycles. The number of carbonyl (C=O) groups excluding carboxylic acids is 2. The number of amides is 2. The van der Waals surface area contributed by atoms with Crippen LogP contribution in [0.25, 0.3) is 0 Å². The summed E-state index contributed by atoms with van der Waals surface area (Å²) in [7, 11) is 0. The van der Waals surface area contributed by atoms with Crippen LogP contribution in [0.5, 0.6) is 0 Å². The van der Waals surface area contributed by atoms with Crippen molar-refractivity contribution in [3.63, 3.8) is 0 Å². The molecular formula is C29H32N2O2. The van der Waals surface area contributed by atoms with Gasteiger partial charge in [-0.25, -0.2) is 0 Å². The number of aryl methyl sites for hydroxylation is 2. The SMILES string of the molecule is Cc1cccc(CNC(=O)C2CC(c3cccc(C)c3)CN(C(=O)Cc3ccccc3)C2)c1. The van der Waals surface area contributed by atoms with E-state index in [2.05, 4.69) is 55.6 Å². The second kappa shape index (κ2) is 10.5. The number of benzene rings is 3. The monoisotopic (exact) mass is 440 g/mol. The zero-order chi connectivity index (χ0) is 23.2. The van der Waals surface area contributed by atoms with Gasteiger partial charge in [0.15, 0.2) is 0 Å². The fourth-order valence-electron chi connectivity index (χ4n) is 4.70. The third-order valence-corrected chi connectivity index (χ3v) is 6.44. The van der Waals surface area contributed by atoms with Crippen molar-refractivity contribution in [2.24, 2.45) is 5.92 Å². The molecular weight excluding hydrogens is 408 g/mol. The fraction of sp³-hybridized carbons (Fsp3) is 0.310. The first kappa shape index (κ1) is 22.8. The third-order valence-electron chi connectivity index (χ3n) is 6.44. The highest BCUT2D eigenvalue weighted by atomic mass is 16.2. The topological polar surface area (TPSA) is 49.4 Å². The lowest BCUT2D eigenvalue weighted by atomic mass is 9.83. The van der Waals surface area contributed by atoms with E-state index in [1.165, 1.54) is 16.7 Å². The second-order valence-corrected chi connectivity index (χ2v) is 9.21. The molecule has 33 heavy (non-hydrogen) atoms. The molecule has 0 aromatic heterocycles. The molecule has 2 unspecified atom stereocenters. The Bertz CT molecular complexity index is 1110. The van der Waals surface area contributed by atoms with Crippen LogP contribution in [0.1, 0.15) is 40.2 Å². The molecule has 3 aromatic rings. The predicted octanol–water partition coefficient (Wildman–Crippen LogP) is 4.79. The summed E-state index contributed by atoms with van der Waals surface area (Å²) in [4.78, 5) is 28.3. The Morgan fingerprint density at radius 1 is 0.848 bits per heavy atom. The standard InChI is InChI=1S/C29H32N2O2/c1-21-8-6-12-24(14-21)18-30-29(33)27-17-26(25-13-7-9-22(2)15-25)19-31(20-27)28(32)16-23-10-4-3-5-11-23/h3-15,26-27H,16-20H2,1-2H3,(H,30,33). The highest BCUT2D eigenvalue weighted by molar-refractivity contribution is 5.82. The average Bonchev–Trinajstić information content (AvgIpc) is 2.83. The van der Waals surface area contributed by atoms with Crippen LogP contribution in [0.4, 0.5) is 0 Å². The minimum atomic E-state index is -0.228. The summed E-state index contributed by atoms with van der Waals surface area (Å²) in [5.74, 6) is 0.0169. The maximum Gasteiger partial charge on any atom is 0.227 e. The lowest BCUT2D eigenvalue weighted by Crippen LogP contribution is -2.48. The van der Waals surface area contributed by atoms with Gasteiger partial charge in [-0.15, -0.1) is 0 Å². The van der Waals surface area contributed by atoms with Gasteiger partial charge in [0.2, 0.25) is 11.8 Å². The van der Waals surface area contributed by atoms with Gasteiger partial charge < -0.3 is 10.2 Å². The van der Waals surface area contributed by atoms with Crippen molar-refractivity contribution < 1.29 is 9.59 Å². The molecule has 4 rings (SSSR count). The van der Waals surface area contributed by atoms with E-state index in [0.717, 1.165) is 17.5 Å². The summed E-state index contributed by atoms with van der Waals surface area (Å²) < 4.78 is 0. The first-order valence-electron chi connectivity index (χ1n) is 11.7. The zero-order valence-electron chi connectivity index (χ0n) is 19.5. The normalized spacial score (nSPS) is 18.1. The molecule has 170 valence electrons. The molecule has 1 aliphatic rings. The van der Waals surface area contributed by atoms with Crippen molar-refractivity contribution in [1.29, 1.82) is 0 Å². The Morgan fingerprint density at radius 2 is 1.55 bits per heavy atom. The Labute approximate surface area is 196 Å². The molecule has 2 atom stereocenters. The van der Waals surface area contributed by atoms with Crippen LogP contribution in [-0.2, 0) is 22.6 Å². The molecule has 1 aliphatic heterocycles. The van der Waals surface area contributed by atoms with Gasteiger partial charge in [-0.2, -0.15) is 0 Å². The van der Waals surface area contributed by atoms with E-state index in [9.17, 15) is 9.59 Å². The number of nitrogens with one attached hydrogen (secondary N) is 1. The van der Waals surface area contributed by atoms with E-state index < -0.39 is 0 Å². The summed E-state index contributed by atoms with van der Waals surface area (Å²) in [6, 6.07) is 26.4. The molecule has 0 bridgehead atoms. The fourth-order valence-corrected chi connectivity index (χ4v) is 4.70. The number of piperidine rings is 1. The summed E-state index contributed by atoms with van der Waals surface area (Å²) in [6.45, 7) is 5.75. The van der Waals surface area contributed by atoms with E-state index >= 15 is 0 Å². The molecule has 0 radical (unpaired) electrons. The maximum atomic E-state index is 13.2. The van der Waals surface area contributed by atoms with Gasteiger partial charge in [-0.3, -0.25) is 9.59 Å². The van der Waals surface area contributed by atoms with Gasteiger partial charge in [0, 0.05) is 25.6 Å². The molecule has 0 spiro atoms. The summed E-state index contributed by atoms with van der Waals surface area (Å²) in [6.07, 6.45) is 1.11. The molecule has 4 nitrogen and oxygen atoms in total. The molecule has 0 aliphatic carbocycles. The van der Waals surface area contributed by atoms with Gasteiger partial charge in [-0.1, -0.05) is 90.0 Å². The van der Waals surface area contributed by atoms with Crippen molar-refractivity contribution in [2.45, 2.75) is 39.2 Å². The van der Waals surface area contributed by atoms with Crippen molar-refractivity contribution in [1.82, 2.24) is 10.2 Å². The van der Waals surface area contributed by atoms with E-state index in [1.807, 2.05) is 47.4 Å². The van der Waals surface area contributed by atoms with Crippen LogP contribution < -0.4 is 5.32 Å². The van der Waals surface area contributed by atoms with Crippen molar-refractivity contribution in [2.75, 3.05) is 13.1 Å². The van der Waals surface area contributed by atoms with E-state index in [1.54, 1.807) is 0 Å². The first-order valence-corrected chi connectivity index (χ1v) is 11.7. The quantitative estimate of drug-likeness (QED) is 0.599. The van der Waals surface area contributed by atoms with Crippen molar-refractivity contribution >= 4 is 11.8 Å². The van der Waals surface area contributed by atoms with Crippen LogP contribution in [-0.4, -0.2) is 29.8 Å². The maximum absolute atomic E-state index is 13.2. The van der Waals surface area contributed by atoms with Gasteiger partial charge >= 0.3 is 0 Å². The lowest BCUT2D eigenvalue weighted by Gasteiger charge is -2.37. The van der Waals surface area contributed by atoms with Gasteiger partial charge in [0.05, 0.1) is 12.3 Å². The van der Waals surface area contributed by atoms with Crippen molar-refractivity contribution in [3.05, 3.63) is 107 Å². The van der Waals surface area contributed by atoms with Gasteiger partial charge in [0.25, 0.3) is 0 Å². The summed E-state index contributed by atoms with van der Waals surface area (Å²) in [5, 5.41) is 3.11. The third kappa shape index (κ3) is 6.10. The highest BCUT2D eigenvalue weighted by Gasteiger charge is 2.34.